The Morgan fingerprint density at radius 1 is 0.968 bits per heavy atom. The van der Waals surface area contributed by atoms with Crippen LogP contribution in [0.2, 0.25) is 0 Å². The third kappa shape index (κ3) is 5.20. The third-order valence-electron chi connectivity index (χ3n) is 5.57. The van der Waals surface area contributed by atoms with Gasteiger partial charge in [-0.25, -0.2) is 9.97 Å². The van der Waals surface area contributed by atoms with Crippen LogP contribution in [0.1, 0.15) is 25.3 Å². The highest BCUT2D eigenvalue weighted by atomic mass is 16.5. The van der Waals surface area contributed by atoms with Crippen molar-refractivity contribution in [3.8, 4) is 17.0 Å². The van der Waals surface area contributed by atoms with Gasteiger partial charge in [-0.1, -0.05) is 56.3 Å². The van der Waals surface area contributed by atoms with Crippen LogP contribution in [0.4, 0.5) is 5.82 Å². The lowest BCUT2D eigenvalue weighted by Crippen LogP contribution is -2.50. The summed E-state index contributed by atoms with van der Waals surface area (Å²) in [7, 11) is 0. The van der Waals surface area contributed by atoms with Gasteiger partial charge in [0.2, 0.25) is 0 Å². The highest BCUT2D eigenvalue weighted by Crippen LogP contribution is 2.22. The van der Waals surface area contributed by atoms with Crippen LogP contribution in [-0.4, -0.2) is 53.6 Å². The van der Waals surface area contributed by atoms with Crippen molar-refractivity contribution in [1.82, 2.24) is 14.9 Å². The molecule has 0 atom stereocenters. The average Bonchev–Trinajstić information content (AvgIpc) is 2.83. The monoisotopic (exact) mass is 416 g/mol. The van der Waals surface area contributed by atoms with Crippen molar-refractivity contribution >= 4 is 11.7 Å². The highest BCUT2D eigenvalue weighted by molar-refractivity contribution is 5.78. The topological polar surface area (TPSA) is 58.6 Å². The lowest BCUT2D eigenvalue weighted by atomic mass is 10.0. The molecule has 1 fully saturated rings. The van der Waals surface area contributed by atoms with Gasteiger partial charge in [-0.15, -0.1) is 0 Å². The zero-order valence-corrected chi connectivity index (χ0v) is 18.1. The van der Waals surface area contributed by atoms with Crippen molar-refractivity contribution in [2.75, 3.05) is 37.7 Å². The van der Waals surface area contributed by atoms with Gasteiger partial charge in [0.25, 0.3) is 5.91 Å². The first-order valence-electron chi connectivity index (χ1n) is 10.7. The molecule has 1 aromatic heterocycles. The number of nitrogens with zero attached hydrogens (tertiary/aromatic N) is 4. The minimum absolute atomic E-state index is 0.0160. The van der Waals surface area contributed by atoms with Crippen molar-refractivity contribution in [2.24, 2.45) is 0 Å². The van der Waals surface area contributed by atoms with Gasteiger partial charge in [-0.2, -0.15) is 0 Å². The van der Waals surface area contributed by atoms with Crippen LogP contribution in [0.3, 0.4) is 0 Å². The average molecular weight is 417 g/mol. The first-order valence-corrected chi connectivity index (χ1v) is 10.7. The van der Waals surface area contributed by atoms with E-state index in [0.29, 0.717) is 19.0 Å². The molecule has 31 heavy (non-hydrogen) atoms. The maximum Gasteiger partial charge on any atom is 0.260 e. The zero-order valence-electron chi connectivity index (χ0n) is 18.1. The summed E-state index contributed by atoms with van der Waals surface area (Å²) in [6, 6.07) is 20.1. The number of hydrogen-bond acceptors (Lipinski definition) is 5. The maximum atomic E-state index is 12.6. The number of piperazine rings is 1. The lowest BCUT2D eigenvalue weighted by molar-refractivity contribution is -0.133. The number of carbonyl (C=O) groups is 1. The Morgan fingerprint density at radius 2 is 1.74 bits per heavy atom. The Balaban J connectivity index is 1.31. The second-order valence-corrected chi connectivity index (χ2v) is 8.01. The number of amides is 1. The largest absolute Gasteiger partial charge is 0.484 e. The van der Waals surface area contributed by atoms with Gasteiger partial charge in [0.1, 0.15) is 17.9 Å². The number of aromatic nitrogens is 2. The predicted octanol–water partition coefficient (Wildman–Crippen LogP) is 3.99. The first-order chi connectivity index (χ1) is 15.1. The van der Waals surface area contributed by atoms with Crippen LogP contribution in [0, 0.1) is 0 Å². The van der Waals surface area contributed by atoms with E-state index in [9.17, 15) is 4.79 Å². The second kappa shape index (κ2) is 9.60. The normalized spacial score (nSPS) is 14.0. The van der Waals surface area contributed by atoms with E-state index in [1.165, 1.54) is 5.56 Å². The number of hydrogen-bond donors (Lipinski definition) is 0. The summed E-state index contributed by atoms with van der Waals surface area (Å²) in [5.74, 6) is 2.08. The number of benzene rings is 2. The minimum atomic E-state index is 0.0160. The van der Waals surface area contributed by atoms with Crippen LogP contribution in [0.25, 0.3) is 11.3 Å². The molecule has 2 heterocycles. The molecular weight excluding hydrogens is 388 g/mol. The number of anilines is 1. The smallest absolute Gasteiger partial charge is 0.260 e. The van der Waals surface area contributed by atoms with Gasteiger partial charge in [0.15, 0.2) is 6.61 Å². The molecule has 0 bridgehead atoms. The summed E-state index contributed by atoms with van der Waals surface area (Å²) in [6.45, 7) is 7.12. The first kappa shape index (κ1) is 20.8. The molecule has 0 saturated carbocycles. The lowest BCUT2D eigenvalue weighted by Gasteiger charge is -2.35. The summed E-state index contributed by atoms with van der Waals surface area (Å²) in [4.78, 5) is 25.5. The standard InChI is InChI=1S/C25H28N4O2/c1-19(2)21-9-6-10-22(15-21)31-17-25(30)29-13-11-28(12-14-29)24-16-23(26-18-27-24)20-7-4-3-5-8-20/h3-10,15-16,18-19H,11-14,17H2,1-2H3. The Labute approximate surface area is 183 Å². The van der Waals surface area contributed by atoms with Gasteiger partial charge in [0, 0.05) is 37.8 Å². The van der Waals surface area contributed by atoms with Crippen LogP contribution in [0.15, 0.2) is 67.0 Å². The molecular formula is C25H28N4O2. The van der Waals surface area contributed by atoms with Crippen molar-refractivity contribution in [2.45, 2.75) is 19.8 Å². The molecule has 0 aliphatic carbocycles. The highest BCUT2D eigenvalue weighted by Gasteiger charge is 2.22. The van der Waals surface area contributed by atoms with Gasteiger partial charge in [0.05, 0.1) is 5.69 Å². The van der Waals surface area contributed by atoms with Crippen molar-refractivity contribution in [1.29, 1.82) is 0 Å². The molecule has 160 valence electrons. The second-order valence-electron chi connectivity index (χ2n) is 8.01. The Kier molecular flexibility index (Phi) is 6.46. The molecule has 4 rings (SSSR count). The molecule has 0 spiro atoms. The molecule has 1 aliphatic rings. The Morgan fingerprint density at radius 3 is 2.48 bits per heavy atom. The molecule has 3 aromatic rings. The summed E-state index contributed by atoms with van der Waals surface area (Å²) in [5, 5.41) is 0. The quantitative estimate of drug-likeness (QED) is 0.608. The molecule has 1 aliphatic heterocycles. The van der Waals surface area contributed by atoms with Crippen molar-refractivity contribution in [3.05, 3.63) is 72.6 Å². The van der Waals surface area contributed by atoms with Crippen LogP contribution in [-0.2, 0) is 4.79 Å². The molecule has 0 radical (unpaired) electrons. The van der Waals surface area contributed by atoms with E-state index in [1.54, 1.807) is 6.33 Å². The van der Waals surface area contributed by atoms with E-state index in [2.05, 4.69) is 34.8 Å². The molecule has 6 nitrogen and oxygen atoms in total. The van der Waals surface area contributed by atoms with E-state index in [0.717, 1.165) is 35.9 Å². The van der Waals surface area contributed by atoms with E-state index in [1.807, 2.05) is 59.5 Å². The van der Waals surface area contributed by atoms with Gasteiger partial charge in [-0.05, 0) is 23.6 Å². The fourth-order valence-corrected chi connectivity index (χ4v) is 3.67. The van der Waals surface area contributed by atoms with Crippen molar-refractivity contribution in [3.63, 3.8) is 0 Å². The van der Waals surface area contributed by atoms with Gasteiger partial charge >= 0.3 is 0 Å². The minimum Gasteiger partial charge on any atom is -0.484 e. The van der Waals surface area contributed by atoms with Crippen LogP contribution >= 0.6 is 0 Å². The van der Waals surface area contributed by atoms with E-state index in [-0.39, 0.29) is 12.5 Å². The summed E-state index contributed by atoms with van der Waals surface area (Å²) in [6.07, 6.45) is 1.61. The van der Waals surface area contributed by atoms with E-state index >= 15 is 0 Å². The molecule has 2 aromatic carbocycles. The fourth-order valence-electron chi connectivity index (χ4n) is 3.67. The molecule has 0 N–H and O–H groups in total. The molecule has 6 heteroatoms. The van der Waals surface area contributed by atoms with Gasteiger partial charge in [-0.3, -0.25) is 4.79 Å². The van der Waals surface area contributed by atoms with Gasteiger partial charge < -0.3 is 14.5 Å². The summed E-state index contributed by atoms with van der Waals surface area (Å²) < 4.78 is 5.76. The summed E-state index contributed by atoms with van der Waals surface area (Å²) >= 11 is 0. The fraction of sp³-hybridized carbons (Fsp3) is 0.320. The Hall–Kier alpha value is -3.41. The maximum absolute atomic E-state index is 12.6. The third-order valence-corrected chi connectivity index (χ3v) is 5.57. The van der Waals surface area contributed by atoms with Crippen LogP contribution in [0.5, 0.6) is 5.75 Å². The van der Waals surface area contributed by atoms with E-state index in [4.69, 9.17) is 4.74 Å². The molecule has 1 saturated heterocycles. The Bertz CT molecular complexity index is 1010. The van der Waals surface area contributed by atoms with Crippen molar-refractivity contribution < 1.29 is 9.53 Å². The van der Waals surface area contributed by atoms with Crippen LogP contribution < -0.4 is 9.64 Å². The number of ether oxygens (including phenoxy) is 1. The summed E-state index contributed by atoms with van der Waals surface area (Å²) in [5.41, 5.74) is 3.18. The van der Waals surface area contributed by atoms with E-state index < -0.39 is 0 Å². The number of rotatable bonds is 6. The SMILES string of the molecule is CC(C)c1cccc(OCC(=O)N2CCN(c3cc(-c4ccccc4)ncn3)CC2)c1. The zero-order chi connectivity index (χ0) is 21.6. The predicted molar refractivity (Wildman–Crippen MR) is 122 cm³/mol. The molecule has 1 amide bonds. The molecule has 0 unspecified atom stereocenters. The number of carbonyl (C=O) groups excluding carboxylic acids is 1.